The summed E-state index contributed by atoms with van der Waals surface area (Å²) in [6, 6.07) is 0. The van der Waals surface area contributed by atoms with Crippen molar-refractivity contribution in [1.29, 1.82) is 0 Å². The van der Waals surface area contributed by atoms with Crippen molar-refractivity contribution >= 4 is 5.97 Å². The Balaban J connectivity index is 2.46. The molecule has 2 heteroatoms. The van der Waals surface area contributed by atoms with E-state index in [0.29, 0.717) is 0 Å². The molecule has 0 saturated heterocycles. The molecule has 2 bridgehead atoms. The molecule has 2 aliphatic carbocycles. The first-order valence-electron chi connectivity index (χ1n) is 6.49. The molecule has 0 heterocycles. The van der Waals surface area contributed by atoms with Gasteiger partial charge in [-0.2, -0.15) is 0 Å². The van der Waals surface area contributed by atoms with Gasteiger partial charge in [-0.3, -0.25) is 4.79 Å². The van der Waals surface area contributed by atoms with Gasteiger partial charge < -0.3 is 4.74 Å². The maximum Gasteiger partial charge on any atom is 0.303 e. The smallest absolute Gasteiger partial charge is 0.303 e. The number of fused-ring (bicyclic) bond motifs is 2. The zero-order valence-electron chi connectivity index (χ0n) is 11.2. The number of esters is 1. The normalized spacial score (nSPS) is 44.7. The van der Waals surface area contributed by atoms with E-state index in [1.807, 2.05) is 0 Å². The molecule has 0 radical (unpaired) electrons. The van der Waals surface area contributed by atoms with Crippen LogP contribution in [-0.2, 0) is 9.53 Å². The largest absolute Gasteiger partial charge is 0.458 e. The van der Waals surface area contributed by atoms with Gasteiger partial charge in [0.15, 0.2) is 0 Å². The number of ether oxygens (including phenoxy) is 1. The monoisotopic (exact) mass is 224 g/mol. The molecular formula is C14H24O2. The van der Waals surface area contributed by atoms with Crippen molar-refractivity contribution in [1.82, 2.24) is 0 Å². The quantitative estimate of drug-likeness (QED) is 0.671. The highest BCUT2D eigenvalue weighted by atomic mass is 16.6. The minimum atomic E-state index is -0.241. The lowest BCUT2D eigenvalue weighted by atomic mass is 9.59. The maximum absolute atomic E-state index is 11.4. The summed E-state index contributed by atoms with van der Waals surface area (Å²) in [4.78, 5) is 11.4. The van der Waals surface area contributed by atoms with Crippen LogP contribution >= 0.6 is 0 Å². The van der Waals surface area contributed by atoms with Gasteiger partial charge in [-0.15, -0.1) is 0 Å². The van der Waals surface area contributed by atoms with E-state index in [0.717, 1.165) is 12.3 Å². The lowest BCUT2D eigenvalue weighted by Crippen LogP contribution is -2.56. The second kappa shape index (κ2) is 3.24. The lowest BCUT2D eigenvalue weighted by molar-refractivity contribution is -0.198. The number of hydrogen-bond acceptors (Lipinski definition) is 2. The van der Waals surface area contributed by atoms with E-state index < -0.39 is 0 Å². The summed E-state index contributed by atoms with van der Waals surface area (Å²) in [6.45, 7) is 10.6. The van der Waals surface area contributed by atoms with Gasteiger partial charge in [0.2, 0.25) is 0 Å². The molecule has 0 aliphatic heterocycles. The Labute approximate surface area is 98.7 Å². The molecule has 16 heavy (non-hydrogen) atoms. The summed E-state index contributed by atoms with van der Waals surface area (Å²) >= 11 is 0. The highest BCUT2D eigenvalue weighted by Crippen LogP contribution is 2.70. The molecule has 2 saturated carbocycles. The van der Waals surface area contributed by atoms with E-state index in [1.54, 1.807) is 6.92 Å². The van der Waals surface area contributed by atoms with E-state index in [4.69, 9.17) is 4.74 Å². The maximum atomic E-state index is 11.4. The Morgan fingerprint density at radius 2 is 2.00 bits per heavy atom. The van der Waals surface area contributed by atoms with Crippen LogP contribution in [0.25, 0.3) is 0 Å². The van der Waals surface area contributed by atoms with Gasteiger partial charge in [0.05, 0.1) is 0 Å². The molecule has 0 N–H and O–H groups in total. The van der Waals surface area contributed by atoms with Crippen molar-refractivity contribution < 1.29 is 9.53 Å². The predicted molar refractivity (Wildman–Crippen MR) is 64.0 cm³/mol. The first-order chi connectivity index (χ1) is 7.29. The average molecular weight is 224 g/mol. The molecule has 0 aromatic rings. The van der Waals surface area contributed by atoms with E-state index >= 15 is 0 Å². The molecule has 2 fully saturated rings. The van der Waals surface area contributed by atoms with Crippen LogP contribution in [0.1, 0.15) is 60.3 Å². The summed E-state index contributed by atoms with van der Waals surface area (Å²) in [6.07, 6.45) is 4.67. The number of rotatable bonds is 2. The highest BCUT2D eigenvalue weighted by Gasteiger charge is 2.70. The first kappa shape index (κ1) is 11.9. The fourth-order valence-electron chi connectivity index (χ4n) is 4.79. The first-order valence-corrected chi connectivity index (χ1v) is 6.49. The second-order valence-corrected chi connectivity index (χ2v) is 6.50. The van der Waals surface area contributed by atoms with Crippen LogP contribution in [-0.4, -0.2) is 11.6 Å². The van der Waals surface area contributed by atoms with Crippen LogP contribution in [0.2, 0.25) is 0 Å². The summed E-state index contributed by atoms with van der Waals surface area (Å²) in [5, 5.41) is 0. The molecule has 0 spiro atoms. The number of hydrogen-bond donors (Lipinski definition) is 0. The van der Waals surface area contributed by atoms with E-state index in [9.17, 15) is 4.79 Å². The van der Waals surface area contributed by atoms with Crippen LogP contribution < -0.4 is 0 Å². The Hall–Kier alpha value is -0.530. The van der Waals surface area contributed by atoms with E-state index in [1.165, 1.54) is 19.3 Å². The molecule has 2 aliphatic rings. The fourth-order valence-corrected chi connectivity index (χ4v) is 4.79. The van der Waals surface area contributed by atoms with Gasteiger partial charge in [0.1, 0.15) is 5.60 Å². The molecule has 3 unspecified atom stereocenters. The third-order valence-electron chi connectivity index (χ3n) is 5.59. The highest BCUT2D eigenvalue weighted by molar-refractivity contribution is 5.67. The molecule has 3 atom stereocenters. The van der Waals surface area contributed by atoms with Crippen LogP contribution in [0.4, 0.5) is 0 Å². The van der Waals surface area contributed by atoms with Crippen molar-refractivity contribution in [2.45, 2.75) is 65.9 Å². The van der Waals surface area contributed by atoms with Gasteiger partial charge in [-0.25, -0.2) is 0 Å². The van der Waals surface area contributed by atoms with Gasteiger partial charge in [0, 0.05) is 17.8 Å². The number of carbonyl (C=O) groups excluding carboxylic acids is 1. The van der Waals surface area contributed by atoms with Crippen molar-refractivity contribution in [3.8, 4) is 0 Å². The SMILES string of the molecule is CCC1(OC(C)=O)C2(C)CCC(C2)C1(C)C. The fraction of sp³-hybridized carbons (Fsp3) is 0.929. The van der Waals surface area contributed by atoms with Crippen molar-refractivity contribution in [2.24, 2.45) is 16.7 Å². The summed E-state index contributed by atoms with van der Waals surface area (Å²) in [5.74, 6) is 0.598. The molecule has 2 rings (SSSR count). The van der Waals surface area contributed by atoms with Crippen LogP contribution in [0.15, 0.2) is 0 Å². The van der Waals surface area contributed by atoms with Gasteiger partial charge >= 0.3 is 5.97 Å². The number of carbonyl (C=O) groups is 1. The molecule has 0 amide bonds. The predicted octanol–water partition coefficient (Wildman–Crippen LogP) is 3.54. The van der Waals surface area contributed by atoms with Crippen molar-refractivity contribution in [2.75, 3.05) is 0 Å². The van der Waals surface area contributed by atoms with Gasteiger partial charge in [-0.1, -0.05) is 27.7 Å². The Bertz CT molecular complexity index is 314. The molecular weight excluding hydrogens is 200 g/mol. The lowest BCUT2D eigenvalue weighted by Gasteiger charge is -2.52. The minimum absolute atomic E-state index is 0.122. The summed E-state index contributed by atoms with van der Waals surface area (Å²) in [7, 11) is 0. The molecule has 2 nitrogen and oxygen atoms in total. The topological polar surface area (TPSA) is 26.3 Å². The van der Waals surface area contributed by atoms with Crippen molar-refractivity contribution in [3.63, 3.8) is 0 Å². The third-order valence-corrected chi connectivity index (χ3v) is 5.59. The standard InChI is InChI=1S/C14H24O2/c1-6-14(16-10(2)15)12(3,4)11-7-8-13(14,5)9-11/h11H,6-9H2,1-5H3. The van der Waals surface area contributed by atoms with E-state index in [2.05, 4.69) is 27.7 Å². The second-order valence-electron chi connectivity index (χ2n) is 6.50. The Morgan fingerprint density at radius 1 is 1.38 bits per heavy atom. The third kappa shape index (κ3) is 1.16. The minimum Gasteiger partial charge on any atom is -0.458 e. The van der Waals surface area contributed by atoms with Crippen LogP contribution in [0.3, 0.4) is 0 Å². The molecule has 0 aromatic carbocycles. The summed E-state index contributed by atoms with van der Waals surface area (Å²) < 4.78 is 5.86. The van der Waals surface area contributed by atoms with Gasteiger partial charge in [0.25, 0.3) is 0 Å². The van der Waals surface area contributed by atoms with Gasteiger partial charge in [-0.05, 0) is 31.6 Å². The zero-order chi connectivity index (χ0) is 12.2. The van der Waals surface area contributed by atoms with Crippen LogP contribution in [0, 0.1) is 16.7 Å². The van der Waals surface area contributed by atoms with E-state index in [-0.39, 0.29) is 22.4 Å². The zero-order valence-corrected chi connectivity index (χ0v) is 11.2. The Kier molecular flexibility index (Phi) is 2.42. The van der Waals surface area contributed by atoms with Crippen molar-refractivity contribution in [3.05, 3.63) is 0 Å². The molecule has 92 valence electrons. The molecule has 0 aromatic heterocycles. The average Bonchev–Trinajstić information content (AvgIpc) is 2.62. The van der Waals surface area contributed by atoms with Crippen LogP contribution in [0.5, 0.6) is 0 Å². The summed E-state index contributed by atoms with van der Waals surface area (Å²) in [5.41, 5.74) is 0.0801. The Morgan fingerprint density at radius 3 is 2.38 bits per heavy atom.